The van der Waals surface area contributed by atoms with Crippen molar-refractivity contribution in [2.75, 3.05) is 19.0 Å². The quantitative estimate of drug-likeness (QED) is 0.713. The average molecular weight is 391 g/mol. The van der Waals surface area contributed by atoms with Gasteiger partial charge in [0.05, 0.1) is 18.7 Å². The summed E-state index contributed by atoms with van der Waals surface area (Å²) in [4.78, 5) is 24.1. The minimum absolute atomic E-state index is 0.104. The number of anilines is 1. The molecule has 0 saturated heterocycles. The van der Waals surface area contributed by atoms with Crippen molar-refractivity contribution >= 4 is 11.6 Å². The number of rotatable bonds is 4. The highest BCUT2D eigenvalue weighted by molar-refractivity contribution is 5.94. The maximum Gasteiger partial charge on any atom is 0.264 e. The zero-order chi connectivity index (χ0) is 20.4. The summed E-state index contributed by atoms with van der Waals surface area (Å²) in [5.41, 5.74) is 3.77. The van der Waals surface area contributed by atoms with Gasteiger partial charge in [-0.25, -0.2) is 5.10 Å². The van der Waals surface area contributed by atoms with Crippen LogP contribution in [0.5, 0.6) is 11.5 Å². The number of methoxy groups -OCH3 is 1. The predicted octanol–water partition coefficient (Wildman–Crippen LogP) is 2.94. The largest absolute Gasteiger partial charge is 0.493 e. The highest BCUT2D eigenvalue weighted by Gasteiger charge is 2.28. The van der Waals surface area contributed by atoms with Gasteiger partial charge >= 0.3 is 0 Å². The summed E-state index contributed by atoms with van der Waals surface area (Å²) in [6.07, 6.45) is 0.582. The second-order valence-electron chi connectivity index (χ2n) is 6.99. The minimum atomic E-state index is -0.302. The van der Waals surface area contributed by atoms with E-state index >= 15 is 0 Å². The van der Waals surface area contributed by atoms with Crippen LogP contribution < -0.4 is 20.3 Å². The van der Waals surface area contributed by atoms with Crippen LogP contribution in [0.15, 0.2) is 53.3 Å². The molecule has 1 aliphatic heterocycles. The van der Waals surface area contributed by atoms with E-state index in [1.54, 1.807) is 13.2 Å². The third-order valence-corrected chi connectivity index (χ3v) is 5.02. The number of amides is 1. The summed E-state index contributed by atoms with van der Waals surface area (Å²) in [5, 5.41) is 9.48. The van der Waals surface area contributed by atoms with Gasteiger partial charge in [-0.15, -0.1) is 0 Å². The van der Waals surface area contributed by atoms with Crippen molar-refractivity contribution in [1.29, 1.82) is 0 Å². The molecular formula is C22H21N3O4. The number of nitrogens with zero attached hydrogens (tertiary/aromatic N) is 1. The fourth-order valence-electron chi connectivity index (χ4n) is 3.38. The summed E-state index contributed by atoms with van der Waals surface area (Å²) in [7, 11) is 1.60. The number of nitrogens with one attached hydrogen (secondary N) is 2. The molecule has 1 aliphatic rings. The van der Waals surface area contributed by atoms with Gasteiger partial charge in [0.2, 0.25) is 5.91 Å². The lowest BCUT2D eigenvalue weighted by Gasteiger charge is -2.26. The Balaban J connectivity index is 1.53. The molecule has 2 heterocycles. The van der Waals surface area contributed by atoms with Crippen LogP contribution in [0.1, 0.15) is 11.1 Å². The number of para-hydroxylation sites is 1. The van der Waals surface area contributed by atoms with Gasteiger partial charge < -0.3 is 14.8 Å². The molecule has 7 heteroatoms. The topological polar surface area (TPSA) is 93.3 Å². The summed E-state index contributed by atoms with van der Waals surface area (Å²) in [6.45, 7) is 2.22. The fraction of sp³-hybridized carbons (Fsp3) is 0.227. The molecule has 0 bridgehead atoms. The summed E-state index contributed by atoms with van der Waals surface area (Å²) < 4.78 is 11.2. The number of H-pyrrole nitrogens is 1. The predicted molar refractivity (Wildman–Crippen MR) is 109 cm³/mol. The van der Waals surface area contributed by atoms with E-state index in [4.69, 9.17) is 9.47 Å². The van der Waals surface area contributed by atoms with E-state index in [2.05, 4.69) is 15.5 Å². The first-order valence-corrected chi connectivity index (χ1v) is 9.31. The van der Waals surface area contributed by atoms with Crippen molar-refractivity contribution in [1.82, 2.24) is 10.2 Å². The molecule has 1 amide bonds. The standard InChI is InChI=1S/C22H21N3O4/c1-13-6-7-14(17-8-9-20(26)25-24-17)11-18(13)23-22(27)16-10-15-4-3-5-19(28-2)21(15)29-12-16/h3-9,11,16H,10,12H2,1-2H3,(H,23,27)(H,25,26)/t16-/m0/s1. The fourth-order valence-corrected chi connectivity index (χ4v) is 3.38. The van der Waals surface area contributed by atoms with E-state index in [1.807, 2.05) is 43.3 Å². The Kier molecular flexibility index (Phi) is 5.03. The van der Waals surface area contributed by atoms with Crippen molar-refractivity contribution in [3.63, 3.8) is 0 Å². The van der Waals surface area contributed by atoms with Gasteiger partial charge in [-0.1, -0.05) is 24.3 Å². The summed E-state index contributed by atoms with van der Waals surface area (Å²) in [5.74, 6) is 0.983. The molecule has 2 aromatic carbocycles. The second kappa shape index (κ2) is 7.79. The molecule has 1 aromatic heterocycles. The minimum Gasteiger partial charge on any atom is -0.493 e. The highest BCUT2D eigenvalue weighted by atomic mass is 16.5. The number of benzene rings is 2. The zero-order valence-electron chi connectivity index (χ0n) is 16.2. The lowest BCUT2D eigenvalue weighted by atomic mass is 9.95. The molecule has 3 aromatic rings. The van der Waals surface area contributed by atoms with Gasteiger partial charge in [0.1, 0.15) is 6.61 Å². The number of carbonyl (C=O) groups is 1. The SMILES string of the molecule is COc1cccc2c1OC[C@@H](C(=O)Nc1cc(-c3ccc(=O)[nH]n3)ccc1C)C2. The molecule has 0 saturated carbocycles. The summed E-state index contributed by atoms with van der Waals surface area (Å²) >= 11 is 0. The first-order chi connectivity index (χ1) is 14.0. The maximum atomic E-state index is 12.9. The Bertz CT molecular complexity index is 1100. The Labute approximate surface area is 167 Å². The first kappa shape index (κ1) is 18.7. The number of carbonyl (C=O) groups excluding carboxylic acids is 1. The number of aromatic nitrogens is 2. The average Bonchev–Trinajstić information content (AvgIpc) is 2.75. The number of aryl methyl sites for hydroxylation is 1. The van der Waals surface area contributed by atoms with Gasteiger partial charge in [0.15, 0.2) is 11.5 Å². The molecule has 4 rings (SSSR count). The van der Waals surface area contributed by atoms with E-state index in [0.717, 1.165) is 16.7 Å². The number of hydrogen-bond acceptors (Lipinski definition) is 5. The Morgan fingerprint density at radius 1 is 1.24 bits per heavy atom. The van der Waals surface area contributed by atoms with E-state index in [-0.39, 0.29) is 17.4 Å². The lowest BCUT2D eigenvalue weighted by molar-refractivity contribution is -0.121. The van der Waals surface area contributed by atoms with Crippen LogP contribution in [0.3, 0.4) is 0 Å². The molecule has 1 atom stereocenters. The van der Waals surface area contributed by atoms with Crippen LogP contribution >= 0.6 is 0 Å². The van der Waals surface area contributed by atoms with Crippen LogP contribution in [0.25, 0.3) is 11.3 Å². The van der Waals surface area contributed by atoms with E-state index < -0.39 is 0 Å². The Hall–Kier alpha value is -3.61. The Morgan fingerprint density at radius 3 is 2.86 bits per heavy atom. The molecule has 0 aliphatic carbocycles. The smallest absolute Gasteiger partial charge is 0.264 e. The van der Waals surface area contributed by atoms with Gasteiger partial charge in [0, 0.05) is 17.3 Å². The van der Waals surface area contributed by atoms with E-state index in [0.29, 0.717) is 35.9 Å². The van der Waals surface area contributed by atoms with Crippen molar-refractivity contribution < 1.29 is 14.3 Å². The normalized spacial score (nSPS) is 15.2. The summed E-state index contributed by atoms with van der Waals surface area (Å²) in [6, 6.07) is 14.4. The monoisotopic (exact) mass is 391 g/mol. The molecule has 0 fully saturated rings. The van der Waals surface area contributed by atoms with Crippen LogP contribution in [0.4, 0.5) is 5.69 Å². The molecule has 0 radical (unpaired) electrons. The molecular weight excluding hydrogens is 370 g/mol. The van der Waals surface area contributed by atoms with Crippen LogP contribution in [-0.2, 0) is 11.2 Å². The van der Waals surface area contributed by atoms with Crippen molar-refractivity contribution in [3.8, 4) is 22.8 Å². The second-order valence-corrected chi connectivity index (χ2v) is 6.99. The number of fused-ring (bicyclic) bond motifs is 1. The van der Waals surface area contributed by atoms with Crippen LogP contribution in [-0.4, -0.2) is 29.8 Å². The lowest BCUT2D eigenvalue weighted by Crippen LogP contribution is -2.32. The molecule has 148 valence electrons. The van der Waals surface area contributed by atoms with Gasteiger partial charge in [-0.05, 0) is 42.7 Å². The third kappa shape index (κ3) is 3.85. The Morgan fingerprint density at radius 2 is 2.10 bits per heavy atom. The number of ether oxygens (including phenoxy) is 2. The van der Waals surface area contributed by atoms with Crippen LogP contribution in [0, 0.1) is 12.8 Å². The zero-order valence-corrected chi connectivity index (χ0v) is 16.2. The maximum absolute atomic E-state index is 12.9. The molecule has 0 spiro atoms. The van der Waals surface area contributed by atoms with E-state index in [1.165, 1.54) is 6.07 Å². The molecule has 0 unspecified atom stereocenters. The van der Waals surface area contributed by atoms with Gasteiger partial charge in [0.25, 0.3) is 5.56 Å². The van der Waals surface area contributed by atoms with Crippen molar-refractivity contribution in [3.05, 3.63) is 70.0 Å². The first-order valence-electron chi connectivity index (χ1n) is 9.31. The van der Waals surface area contributed by atoms with Gasteiger partial charge in [-0.2, -0.15) is 5.10 Å². The molecule has 7 nitrogen and oxygen atoms in total. The van der Waals surface area contributed by atoms with Gasteiger partial charge in [-0.3, -0.25) is 9.59 Å². The van der Waals surface area contributed by atoms with E-state index in [9.17, 15) is 9.59 Å². The third-order valence-electron chi connectivity index (χ3n) is 5.02. The van der Waals surface area contributed by atoms with Crippen molar-refractivity contribution in [2.45, 2.75) is 13.3 Å². The molecule has 29 heavy (non-hydrogen) atoms. The number of aromatic amines is 1. The molecule has 2 N–H and O–H groups in total. The highest BCUT2D eigenvalue weighted by Crippen LogP contribution is 2.36. The number of hydrogen-bond donors (Lipinski definition) is 2. The van der Waals surface area contributed by atoms with Crippen molar-refractivity contribution in [2.24, 2.45) is 5.92 Å². The van der Waals surface area contributed by atoms with Crippen LogP contribution in [0.2, 0.25) is 0 Å².